The van der Waals surface area contributed by atoms with Crippen molar-refractivity contribution in [2.45, 2.75) is 18.1 Å². The Morgan fingerprint density at radius 3 is 2.63 bits per heavy atom. The Morgan fingerprint density at radius 1 is 1.26 bits per heavy atom. The van der Waals surface area contributed by atoms with Gasteiger partial charge in [-0.3, -0.25) is 14.6 Å². The molecule has 5 nitrogen and oxygen atoms in total. The van der Waals surface area contributed by atoms with Gasteiger partial charge in [0.1, 0.15) is 11.9 Å². The molecule has 1 atom stereocenters. The molecule has 0 aliphatic carbocycles. The summed E-state index contributed by atoms with van der Waals surface area (Å²) in [6.45, 7) is 0.130. The number of benzene rings is 1. The molecule has 1 aliphatic heterocycles. The molecule has 0 radical (unpaired) electrons. The molecule has 1 fully saturated rings. The van der Waals surface area contributed by atoms with Crippen LogP contribution in [-0.2, 0) is 22.3 Å². The third-order valence-corrected chi connectivity index (χ3v) is 5.27. The van der Waals surface area contributed by atoms with Crippen LogP contribution in [0, 0.1) is 0 Å². The topological polar surface area (TPSA) is 62.3 Å². The summed E-state index contributed by atoms with van der Waals surface area (Å²) in [5, 5.41) is 2.23. The number of carbonyl (C=O) groups excluding carboxylic acids is 2. The molecule has 1 aromatic carbocycles. The number of alkyl halides is 3. The molecule has 0 spiro atoms. The number of rotatable bonds is 5. The number of nitrogens with zero attached hydrogens (tertiary/aromatic N) is 2. The molecule has 2 aromatic rings. The number of aromatic nitrogens is 1. The molecule has 27 heavy (non-hydrogen) atoms. The summed E-state index contributed by atoms with van der Waals surface area (Å²) in [6, 6.07) is 8.23. The number of pyridine rings is 1. The van der Waals surface area contributed by atoms with Crippen LogP contribution in [0.15, 0.2) is 48.8 Å². The maximum absolute atomic E-state index is 12.7. The van der Waals surface area contributed by atoms with Crippen LogP contribution >= 0.6 is 11.8 Å². The van der Waals surface area contributed by atoms with Crippen LogP contribution in [-0.4, -0.2) is 34.0 Å². The van der Waals surface area contributed by atoms with E-state index in [0.29, 0.717) is 5.56 Å². The Balaban J connectivity index is 1.64. The van der Waals surface area contributed by atoms with E-state index in [0.717, 1.165) is 17.7 Å². The highest BCUT2D eigenvalue weighted by Crippen LogP contribution is 2.39. The summed E-state index contributed by atoms with van der Waals surface area (Å²) in [4.78, 5) is 29.7. The fraction of sp³-hybridized carbons (Fsp3) is 0.278. The lowest BCUT2D eigenvalue weighted by Crippen LogP contribution is -2.39. The molecule has 9 heteroatoms. The number of nitrogens with one attached hydrogen (secondary N) is 1. The number of halogens is 3. The third-order valence-electron chi connectivity index (χ3n) is 4.02. The second-order valence-electron chi connectivity index (χ2n) is 5.94. The van der Waals surface area contributed by atoms with Gasteiger partial charge in [0, 0.05) is 18.9 Å². The summed E-state index contributed by atoms with van der Waals surface area (Å²) in [5.41, 5.74) is 0.632. The Hall–Kier alpha value is -2.55. The maximum Gasteiger partial charge on any atom is 0.416 e. The summed E-state index contributed by atoms with van der Waals surface area (Å²) < 4.78 is 38.1. The van der Waals surface area contributed by atoms with Crippen LogP contribution in [0.5, 0.6) is 0 Å². The largest absolute Gasteiger partial charge is 0.416 e. The quantitative estimate of drug-likeness (QED) is 0.846. The minimum absolute atomic E-state index is 0.155. The van der Waals surface area contributed by atoms with E-state index in [4.69, 9.17) is 0 Å². The van der Waals surface area contributed by atoms with E-state index in [-0.39, 0.29) is 30.7 Å². The van der Waals surface area contributed by atoms with Crippen LogP contribution in [0.1, 0.15) is 22.1 Å². The zero-order chi connectivity index (χ0) is 19.4. The average molecular weight is 395 g/mol. The Morgan fingerprint density at radius 2 is 2.00 bits per heavy atom. The molecule has 2 heterocycles. The van der Waals surface area contributed by atoms with Gasteiger partial charge in [0.25, 0.3) is 0 Å². The van der Waals surface area contributed by atoms with Gasteiger partial charge in [-0.25, -0.2) is 0 Å². The molecule has 3 rings (SSSR count). The van der Waals surface area contributed by atoms with Crippen LogP contribution in [0.2, 0.25) is 0 Å². The van der Waals surface area contributed by atoms with E-state index in [9.17, 15) is 22.8 Å². The van der Waals surface area contributed by atoms with Crippen molar-refractivity contribution >= 4 is 23.6 Å². The van der Waals surface area contributed by atoms with E-state index in [1.165, 1.54) is 28.8 Å². The van der Waals surface area contributed by atoms with E-state index in [1.807, 2.05) is 6.07 Å². The Kier molecular flexibility index (Phi) is 5.69. The zero-order valence-electron chi connectivity index (χ0n) is 14.1. The second-order valence-corrected chi connectivity index (χ2v) is 7.01. The predicted octanol–water partition coefficient (Wildman–Crippen LogP) is 2.99. The van der Waals surface area contributed by atoms with Crippen LogP contribution in [0.4, 0.5) is 13.2 Å². The number of hydrogen-bond acceptors (Lipinski definition) is 4. The number of amides is 2. The number of hydrogen-bond donors (Lipinski definition) is 1. The van der Waals surface area contributed by atoms with Crippen molar-refractivity contribution in [3.8, 4) is 0 Å². The predicted molar refractivity (Wildman–Crippen MR) is 94.4 cm³/mol. The van der Waals surface area contributed by atoms with Gasteiger partial charge in [0.15, 0.2) is 0 Å². The zero-order valence-corrected chi connectivity index (χ0v) is 14.9. The highest BCUT2D eigenvalue weighted by atomic mass is 32.2. The first-order chi connectivity index (χ1) is 12.8. The first kappa shape index (κ1) is 19.2. The number of thioether (sulfide) groups is 1. The standard InChI is InChI=1S/C18H16F3N3O2S/c19-18(20,21)14-5-3-13(4-6-14)17-24(16(26)11-27-17)10-15(25)23-9-12-2-1-7-22-8-12/h1-8,17H,9-11H2,(H,23,25). The smallest absolute Gasteiger partial charge is 0.350 e. The van der Waals surface area contributed by atoms with Crippen molar-refractivity contribution in [2.24, 2.45) is 0 Å². The minimum Gasteiger partial charge on any atom is -0.350 e. The molecule has 0 saturated carbocycles. The summed E-state index contributed by atoms with van der Waals surface area (Å²) in [6.07, 6.45) is -1.16. The molecule has 1 unspecified atom stereocenters. The van der Waals surface area contributed by atoms with Gasteiger partial charge in [-0.2, -0.15) is 13.2 Å². The van der Waals surface area contributed by atoms with Gasteiger partial charge in [0.2, 0.25) is 11.8 Å². The van der Waals surface area contributed by atoms with Gasteiger partial charge in [0.05, 0.1) is 11.3 Å². The van der Waals surface area contributed by atoms with E-state index >= 15 is 0 Å². The van der Waals surface area contributed by atoms with Crippen LogP contribution in [0.3, 0.4) is 0 Å². The average Bonchev–Trinajstić information content (AvgIpc) is 3.01. The monoisotopic (exact) mass is 395 g/mol. The second kappa shape index (κ2) is 7.99. The molecule has 1 aromatic heterocycles. The first-order valence-electron chi connectivity index (χ1n) is 8.08. The van der Waals surface area contributed by atoms with Crippen LogP contribution in [0.25, 0.3) is 0 Å². The fourth-order valence-electron chi connectivity index (χ4n) is 2.65. The van der Waals surface area contributed by atoms with E-state index < -0.39 is 17.1 Å². The molecule has 0 bridgehead atoms. The summed E-state index contributed by atoms with van der Waals surface area (Å²) >= 11 is 1.29. The third kappa shape index (κ3) is 4.79. The van der Waals surface area contributed by atoms with Crippen molar-refractivity contribution in [1.82, 2.24) is 15.2 Å². The van der Waals surface area contributed by atoms with Crippen molar-refractivity contribution in [1.29, 1.82) is 0 Å². The molecule has 142 valence electrons. The summed E-state index contributed by atoms with van der Waals surface area (Å²) in [7, 11) is 0. The lowest BCUT2D eigenvalue weighted by molar-refractivity contribution is -0.137. The molecule has 2 amide bonds. The molecule has 1 saturated heterocycles. The van der Waals surface area contributed by atoms with Gasteiger partial charge >= 0.3 is 6.18 Å². The molecular formula is C18H16F3N3O2S. The van der Waals surface area contributed by atoms with Gasteiger partial charge in [-0.15, -0.1) is 11.8 Å². The Bertz CT molecular complexity index is 813. The van der Waals surface area contributed by atoms with Gasteiger partial charge < -0.3 is 10.2 Å². The van der Waals surface area contributed by atoms with E-state index in [1.54, 1.807) is 18.5 Å². The van der Waals surface area contributed by atoms with Crippen molar-refractivity contribution < 1.29 is 22.8 Å². The lowest BCUT2D eigenvalue weighted by Gasteiger charge is -2.24. The Labute approximate surface area is 158 Å². The maximum atomic E-state index is 12.7. The normalized spacial score (nSPS) is 17.2. The fourth-order valence-corrected chi connectivity index (χ4v) is 3.84. The van der Waals surface area contributed by atoms with Crippen molar-refractivity contribution in [3.05, 3.63) is 65.5 Å². The molecule has 1 N–H and O–H groups in total. The number of carbonyl (C=O) groups is 2. The highest BCUT2D eigenvalue weighted by molar-refractivity contribution is 8.00. The lowest BCUT2D eigenvalue weighted by atomic mass is 10.1. The first-order valence-corrected chi connectivity index (χ1v) is 9.13. The van der Waals surface area contributed by atoms with Gasteiger partial charge in [-0.05, 0) is 29.3 Å². The van der Waals surface area contributed by atoms with Crippen LogP contribution < -0.4 is 5.32 Å². The SMILES string of the molecule is O=C(CN1C(=O)CSC1c1ccc(C(F)(F)F)cc1)NCc1cccnc1. The summed E-state index contributed by atoms with van der Waals surface area (Å²) in [5.74, 6) is -0.380. The molecular weight excluding hydrogens is 379 g/mol. The van der Waals surface area contributed by atoms with Crippen molar-refractivity contribution in [2.75, 3.05) is 12.3 Å². The molecule has 1 aliphatic rings. The highest BCUT2D eigenvalue weighted by Gasteiger charge is 2.35. The van der Waals surface area contributed by atoms with Gasteiger partial charge in [-0.1, -0.05) is 18.2 Å². The minimum atomic E-state index is -4.41. The van der Waals surface area contributed by atoms with Crippen molar-refractivity contribution in [3.63, 3.8) is 0 Å². The van der Waals surface area contributed by atoms with E-state index in [2.05, 4.69) is 10.3 Å².